The van der Waals surface area contributed by atoms with E-state index in [9.17, 15) is 0 Å². The van der Waals surface area contributed by atoms with Gasteiger partial charge in [0.15, 0.2) is 0 Å². The Kier molecular flexibility index (Phi) is 3.46. The van der Waals surface area contributed by atoms with Gasteiger partial charge in [-0.25, -0.2) is 0 Å². The molecule has 1 aromatic carbocycles. The van der Waals surface area contributed by atoms with Gasteiger partial charge in [0.2, 0.25) is 11.7 Å². The second-order valence-corrected chi connectivity index (χ2v) is 4.81. The number of rotatable bonds is 4. The highest BCUT2D eigenvalue weighted by molar-refractivity contribution is 5.56. The molecule has 19 heavy (non-hydrogen) atoms. The molecule has 0 radical (unpaired) electrons. The van der Waals surface area contributed by atoms with E-state index in [0.29, 0.717) is 17.6 Å². The van der Waals surface area contributed by atoms with Gasteiger partial charge in [0, 0.05) is 12.0 Å². The lowest BCUT2D eigenvalue weighted by Gasteiger charge is -2.02. The number of nitrogens with one attached hydrogen (secondary N) is 1. The van der Waals surface area contributed by atoms with Crippen LogP contribution in [0.5, 0.6) is 5.75 Å². The van der Waals surface area contributed by atoms with Crippen LogP contribution in [0.4, 0.5) is 0 Å². The average Bonchev–Trinajstić information content (AvgIpc) is 3.11. The molecule has 1 aliphatic rings. The molecule has 1 saturated heterocycles. The molecule has 1 atom stereocenters. The molecule has 1 aromatic heterocycles. The number of ether oxygens (including phenoxy) is 1. The predicted molar refractivity (Wildman–Crippen MR) is 71.0 cm³/mol. The van der Waals surface area contributed by atoms with Crippen molar-refractivity contribution in [2.75, 3.05) is 20.2 Å². The minimum Gasteiger partial charge on any atom is -0.497 e. The number of methoxy groups -OCH3 is 1. The molecule has 1 fully saturated rings. The third-order valence-corrected chi connectivity index (χ3v) is 3.42. The lowest BCUT2D eigenvalue weighted by Crippen LogP contribution is -2.10. The van der Waals surface area contributed by atoms with Crippen LogP contribution in [0, 0.1) is 5.92 Å². The highest BCUT2D eigenvalue weighted by Crippen LogP contribution is 2.22. The summed E-state index contributed by atoms with van der Waals surface area (Å²) >= 11 is 0. The largest absolute Gasteiger partial charge is 0.497 e. The number of hydrogen-bond donors (Lipinski definition) is 1. The van der Waals surface area contributed by atoms with Gasteiger partial charge in [-0.3, -0.25) is 0 Å². The first kappa shape index (κ1) is 12.2. The van der Waals surface area contributed by atoms with Gasteiger partial charge in [-0.2, -0.15) is 4.98 Å². The van der Waals surface area contributed by atoms with Gasteiger partial charge >= 0.3 is 0 Å². The van der Waals surface area contributed by atoms with Crippen molar-refractivity contribution in [1.29, 1.82) is 0 Å². The van der Waals surface area contributed by atoms with Crippen LogP contribution in [0.25, 0.3) is 11.4 Å². The van der Waals surface area contributed by atoms with Crippen LogP contribution < -0.4 is 10.1 Å². The predicted octanol–water partition coefficient (Wildman–Crippen LogP) is 1.90. The standard InChI is InChI=1S/C14H17N3O2/c1-18-12-4-2-3-11(8-12)14-16-13(19-17-14)7-10-5-6-15-9-10/h2-4,8,10,15H,5-7,9H2,1H3. The lowest BCUT2D eigenvalue weighted by molar-refractivity contribution is 0.358. The molecule has 3 rings (SSSR count). The summed E-state index contributed by atoms with van der Waals surface area (Å²) in [5, 5.41) is 7.38. The van der Waals surface area contributed by atoms with Crippen LogP contribution in [0.1, 0.15) is 12.3 Å². The highest BCUT2D eigenvalue weighted by Gasteiger charge is 2.18. The van der Waals surface area contributed by atoms with Crippen molar-refractivity contribution >= 4 is 0 Å². The van der Waals surface area contributed by atoms with Gasteiger partial charge in [0.1, 0.15) is 5.75 Å². The maximum Gasteiger partial charge on any atom is 0.227 e. The zero-order chi connectivity index (χ0) is 13.1. The lowest BCUT2D eigenvalue weighted by atomic mass is 10.1. The van der Waals surface area contributed by atoms with Crippen LogP contribution in [0.15, 0.2) is 28.8 Å². The molecule has 2 heterocycles. The maximum atomic E-state index is 5.32. The van der Waals surface area contributed by atoms with Crippen molar-refractivity contribution in [2.24, 2.45) is 5.92 Å². The number of hydrogen-bond acceptors (Lipinski definition) is 5. The first-order valence-corrected chi connectivity index (χ1v) is 6.53. The van der Waals surface area contributed by atoms with E-state index in [1.54, 1.807) is 7.11 Å². The summed E-state index contributed by atoms with van der Waals surface area (Å²) in [4.78, 5) is 4.46. The third kappa shape index (κ3) is 2.76. The molecule has 0 bridgehead atoms. The smallest absolute Gasteiger partial charge is 0.227 e. The normalized spacial score (nSPS) is 18.7. The van der Waals surface area contributed by atoms with Gasteiger partial charge in [-0.05, 0) is 37.6 Å². The van der Waals surface area contributed by atoms with E-state index in [1.165, 1.54) is 6.42 Å². The summed E-state index contributed by atoms with van der Waals surface area (Å²) in [6.45, 7) is 2.12. The molecule has 5 heteroatoms. The Balaban J connectivity index is 1.76. The third-order valence-electron chi connectivity index (χ3n) is 3.42. The highest BCUT2D eigenvalue weighted by atomic mass is 16.5. The zero-order valence-corrected chi connectivity index (χ0v) is 10.9. The molecule has 0 saturated carbocycles. The summed E-state index contributed by atoms with van der Waals surface area (Å²) in [6.07, 6.45) is 2.03. The second-order valence-electron chi connectivity index (χ2n) is 4.81. The van der Waals surface area contributed by atoms with E-state index in [1.807, 2.05) is 24.3 Å². The van der Waals surface area contributed by atoms with Crippen LogP contribution in [-0.4, -0.2) is 30.3 Å². The van der Waals surface area contributed by atoms with E-state index in [0.717, 1.165) is 30.8 Å². The van der Waals surface area contributed by atoms with E-state index in [4.69, 9.17) is 9.26 Å². The molecule has 0 aliphatic carbocycles. The number of nitrogens with zero attached hydrogens (tertiary/aromatic N) is 2. The molecule has 100 valence electrons. The van der Waals surface area contributed by atoms with E-state index in [2.05, 4.69) is 15.5 Å². The summed E-state index contributed by atoms with van der Waals surface area (Å²) in [7, 11) is 1.65. The molecule has 5 nitrogen and oxygen atoms in total. The Hall–Kier alpha value is -1.88. The Bertz CT molecular complexity index is 547. The average molecular weight is 259 g/mol. The van der Waals surface area contributed by atoms with Crippen molar-refractivity contribution in [3.05, 3.63) is 30.2 Å². The van der Waals surface area contributed by atoms with Gasteiger partial charge < -0.3 is 14.6 Å². The minimum atomic E-state index is 0.610. The first-order valence-electron chi connectivity index (χ1n) is 6.53. The Morgan fingerprint density at radius 3 is 3.21 bits per heavy atom. The van der Waals surface area contributed by atoms with Crippen molar-refractivity contribution in [1.82, 2.24) is 15.5 Å². The fourth-order valence-corrected chi connectivity index (χ4v) is 2.35. The monoisotopic (exact) mass is 259 g/mol. The van der Waals surface area contributed by atoms with Gasteiger partial charge in [-0.1, -0.05) is 17.3 Å². The fourth-order valence-electron chi connectivity index (χ4n) is 2.35. The fraction of sp³-hybridized carbons (Fsp3) is 0.429. The molecule has 1 unspecified atom stereocenters. The summed E-state index contributed by atoms with van der Waals surface area (Å²) in [5.74, 6) is 2.74. The Labute approximate surface area is 112 Å². The molecule has 0 amide bonds. The van der Waals surface area contributed by atoms with Crippen LogP contribution in [0.2, 0.25) is 0 Å². The SMILES string of the molecule is COc1cccc(-c2noc(CC3CCNC3)n2)c1. The Morgan fingerprint density at radius 2 is 2.42 bits per heavy atom. The van der Waals surface area contributed by atoms with Crippen molar-refractivity contribution in [3.8, 4) is 17.1 Å². The Morgan fingerprint density at radius 1 is 1.47 bits per heavy atom. The minimum absolute atomic E-state index is 0.610. The first-order chi connectivity index (χ1) is 9.35. The quantitative estimate of drug-likeness (QED) is 0.908. The molecule has 0 spiro atoms. The summed E-state index contributed by atoms with van der Waals surface area (Å²) in [6, 6.07) is 7.68. The van der Waals surface area contributed by atoms with Crippen LogP contribution in [0.3, 0.4) is 0 Å². The summed E-state index contributed by atoms with van der Waals surface area (Å²) < 4.78 is 10.5. The van der Waals surface area contributed by atoms with Gasteiger partial charge in [0.25, 0.3) is 0 Å². The molecular formula is C14H17N3O2. The van der Waals surface area contributed by atoms with Gasteiger partial charge in [0.05, 0.1) is 7.11 Å². The van der Waals surface area contributed by atoms with E-state index < -0.39 is 0 Å². The molecule has 1 aliphatic heterocycles. The zero-order valence-electron chi connectivity index (χ0n) is 10.9. The van der Waals surface area contributed by atoms with E-state index in [-0.39, 0.29) is 0 Å². The van der Waals surface area contributed by atoms with Crippen molar-refractivity contribution in [2.45, 2.75) is 12.8 Å². The van der Waals surface area contributed by atoms with Crippen molar-refractivity contribution in [3.63, 3.8) is 0 Å². The summed E-state index contributed by atoms with van der Waals surface area (Å²) in [5.41, 5.74) is 0.916. The molecule has 2 aromatic rings. The van der Waals surface area contributed by atoms with E-state index >= 15 is 0 Å². The topological polar surface area (TPSA) is 60.2 Å². The molecule has 1 N–H and O–H groups in total. The van der Waals surface area contributed by atoms with Crippen LogP contribution in [-0.2, 0) is 6.42 Å². The van der Waals surface area contributed by atoms with Gasteiger partial charge in [-0.15, -0.1) is 0 Å². The molecular weight excluding hydrogens is 242 g/mol. The maximum absolute atomic E-state index is 5.32. The van der Waals surface area contributed by atoms with Crippen molar-refractivity contribution < 1.29 is 9.26 Å². The second kappa shape index (κ2) is 5.40. The number of aromatic nitrogens is 2. The van der Waals surface area contributed by atoms with Crippen LogP contribution >= 0.6 is 0 Å². The number of benzene rings is 1.